The number of rotatable bonds is 4. The highest BCUT2D eigenvalue weighted by molar-refractivity contribution is 5.71. The highest BCUT2D eigenvalue weighted by atomic mass is 16.1. The third kappa shape index (κ3) is 2.40. The molecule has 3 heterocycles. The van der Waals surface area contributed by atoms with E-state index < -0.39 is 0 Å². The Balaban J connectivity index is 1.78. The first kappa shape index (κ1) is 11.6. The normalized spacial score (nSPS) is 10.9. The van der Waals surface area contributed by atoms with Gasteiger partial charge < -0.3 is 4.57 Å². The minimum absolute atomic E-state index is 0.0712. The van der Waals surface area contributed by atoms with E-state index in [1.807, 2.05) is 24.5 Å². The van der Waals surface area contributed by atoms with Crippen LogP contribution in [-0.4, -0.2) is 19.1 Å². The predicted molar refractivity (Wildman–Crippen MR) is 72.8 cm³/mol. The van der Waals surface area contributed by atoms with Crippen LogP contribution in [-0.2, 0) is 13.1 Å². The summed E-state index contributed by atoms with van der Waals surface area (Å²) in [6, 6.07) is 7.57. The van der Waals surface area contributed by atoms with Crippen LogP contribution in [0.15, 0.2) is 54.0 Å². The van der Waals surface area contributed by atoms with Crippen molar-refractivity contribution in [3.8, 4) is 0 Å². The molecule has 3 aromatic rings. The fourth-order valence-corrected chi connectivity index (χ4v) is 2.09. The lowest BCUT2D eigenvalue weighted by atomic mass is 10.3. The molecule has 5 heteroatoms. The second-order valence-corrected chi connectivity index (χ2v) is 4.39. The first-order valence-corrected chi connectivity index (χ1v) is 6.25. The summed E-state index contributed by atoms with van der Waals surface area (Å²) in [7, 11) is 0. The third-order valence-corrected chi connectivity index (χ3v) is 3.07. The Hall–Kier alpha value is -2.43. The number of nitrogens with zero attached hydrogens (tertiary/aromatic N) is 4. The molecule has 0 bridgehead atoms. The molecule has 0 unspecified atom stereocenters. The van der Waals surface area contributed by atoms with E-state index in [0.29, 0.717) is 17.6 Å². The number of aromatic nitrogens is 4. The molecule has 0 fully saturated rings. The Labute approximate surface area is 110 Å². The van der Waals surface area contributed by atoms with Crippen molar-refractivity contribution in [2.24, 2.45) is 0 Å². The smallest absolute Gasteiger partial charge is 0.279 e. The van der Waals surface area contributed by atoms with Crippen molar-refractivity contribution in [3.63, 3.8) is 0 Å². The Kier molecular flexibility index (Phi) is 3.10. The molecule has 5 nitrogen and oxygen atoms in total. The van der Waals surface area contributed by atoms with Gasteiger partial charge in [0.2, 0.25) is 0 Å². The van der Waals surface area contributed by atoms with E-state index in [1.54, 1.807) is 29.2 Å². The molecule has 19 heavy (non-hydrogen) atoms. The van der Waals surface area contributed by atoms with E-state index >= 15 is 0 Å². The van der Waals surface area contributed by atoms with Gasteiger partial charge in [-0.05, 0) is 30.7 Å². The zero-order valence-electron chi connectivity index (χ0n) is 10.4. The Morgan fingerprint density at radius 3 is 2.74 bits per heavy atom. The Morgan fingerprint density at radius 1 is 1.05 bits per heavy atom. The Bertz CT molecular complexity index is 731. The largest absolute Gasteiger partial charge is 0.354 e. The minimum atomic E-state index is -0.0712. The molecule has 0 saturated heterocycles. The van der Waals surface area contributed by atoms with E-state index in [0.717, 1.165) is 13.0 Å². The topological polar surface area (TPSA) is 52.7 Å². The van der Waals surface area contributed by atoms with Crippen molar-refractivity contribution in [1.29, 1.82) is 0 Å². The van der Waals surface area contributed by atoms with Crippen LogP contribution in [0.1, 0.15) is 6.42 Å². The predicted octanol–water partition coefficient (Wildman–Crippen LogP) is 1.68. The second kappa shape index (κ2) is 5.06. The van der Waals surface area contributed by atoms with Crippen molar-refractivity contribution in [2.45, 2.75) is 19.5 Å². The average Bonchev–Trinajstić information content (AvgIpc) is 2.95. The van der Waals surface area contributed by atoms with Gasteiger partial charge in [-0.25, -0.2) is 9.97 Å². The average molecular weight is 254 g/mol. The van der Waals surface area contributed by atoms with Gasteiger partial charge in [0.25, 0.3) is 5.56 Å². The molecule has 3 rings (SSSR count). The number of fused-ring (bicyclic) bond motifs is 1. The monoisotopic (exact) mass is 254 g/mol. The molecular formula is C14H14N4O. The fraction of sp³-hybridized carbons (Fsp3) is 0.214. The summed E-state index contributed by atoms with van der Waals surface area (Å²) in [6.45, 7) is 1.54. The van der Waals surface area contributed by atoms with Gasteiger partial charge in [-0.1, -0.05) is 0 Å². The highest BCUT2D eigenvalue weighted by Gasteiger charge is 2.04. The van der Waals surface area contributed by atoms with Crippen molar-refractivity contribution < 1.29 is 0 Å². The molecule has 0 spiro atoms. The van der Waals surface area contributed by atoms with Crippen LogP contribution in [0.5, 0.6) is 0 Å². The molecule has 0 atom stereocenters. The van der Waals surface area contributed by atoms with E-state index in [-0.39, 0.29) is 5.56 Å². The number of hydrogen-bond donors (Lipinski definition) is 0. The first-order chi connectivity index (χ1) is 9.34. The molecule has 0 N–H and O–H groups in total. The number of pyridine rings is 1. The molecule has 0 aliphatic carbocycles. The number of hydrogen-bond acceptors (Lipinski definition) is 3. The van der Waals surface area contributed by atoms with Gasteiger partial charge in [0.05, 0.1) is 11.8 Å². The quantitative estimate of drug-likeness (QED) is 0.712. The molecule has 0 saturated carbocycles. The van der Waals surface area contributed by atoms with Crippen LogP contribution in [0.4, 0.5) is 0 Å². The van der Waals surface area contributed by atoms with Crippen LogP contribution < -0.4 is 5.56 Å². The summed E-state index contributed by atoms with van der Waals surface area (Å²) >= 11 is 0. The van der Waals surface area contributed by atoms with Crippen LogP contribution >= 0.6 is 0 Å². The van der Waals surface area contributed by atoms with Crippen LogP contribution in [0, 0.1) is 0 Å². The molecule has 0 amide bonds. The summed E-state index contributed by atoms with van der Waals surface area (Å²) < 4.78 is 3.72. The zero-order valence-corrected chi connectivity index (χ0v) is 10.4. The SMILES string of the molecule is O=c1c2ncccc2ncn1CCCn1cccc1. The summed E-state index contributed by atoms with van der Waals surface area (Å²) in [6.07, 6.45) is 8.14. The molecule has 0 aliphatic heterocycles. The molecule has 0 aromatic carbocycles. The number of aryl methyl sites for hydroxylation is 2. The summed E-state index contributed by atoms with van der Waals surface area (Å²) in [5.41, 5.74) is 1.01. The maximum absolute atomic E-state index is 12.2. The van der Waals surface area contributed by atoms with E-state index in [4.69, 9.17) is 0 Å². The minimum Gasteiger partial charge on any atom is -0.354 e. The lowest BCUT2D eigenvalue weighted by molar-refractivity contribution is 0.551. The van der Waals surface area contributed by atoms with Crippen molar-refractivity contribution >= 4 is 11.0 Å². The maximum Gasteiger partial charge on any atom is 0.279 e. The zero-order chi connectivity index (χ0) is 13.1. The molecule has 0 aliphatic rings. The lowest BCUT2D eigenvalue weighted by Crippen LogP contribution is -2.22. The van der Waals surface area contributed by atoms with Crippen LogP contribution in [0.2, 0.25) is 0 Å². The molecular weight excluding hydrogens is 240 g/mol. The van der Waals surface area contributed by atoms with Gasteiger partial charge in [0.1, 0.15) is 0 Å². The van der Waals surface area contributed by atoms with Gasteiger partial charge in [0, 0.05) is 31.7 Å². The summed E-state index contributed by atoms with van der Waals surface area (Å²) in [5, 5.41) is 0. The highest BCUT2D eigenvalue weighted by Crippen LogP contribution is 2.02. The lowest BCUT2D eigenvalue weighted by Gasteiger charge is -2.06. The molecule has 96 valence electrons. The van der Waals surface area contributed by atoms with Gasteiger partial charge in [0.15, 0.2) is 5.52 Å². The second-order valence-electron chi connectivity index (χ2n) is 4.39. The Morgan fingerprint density at radius 2 is 1.89 bits per heavy atom. The summed E-state index contributed by atoms with van der Waals surface area (Å²) in [4.78, 5) is 20.5. The van der Waals surface area contributed by atoms with Crippen molar-refractivity contribution in [2.75, 3.05) is 0 Å². The summed E-state index contributed by atoms with van der Waals surface area (Å²) in [5.74, 6) is 0. The van der Waals surface area contributed by atoms with Gasteiger partial charge >= 0.3 is 0 Å². The van der Waals surface area contributed by atoms with E-state index in [9.17, 15) is 4.79 Å². The standard InChI is InChI=1S/C14H14N4O/c19-14-13-12(5-3-6-15-13)16-11-18(14)10-4-9-17-7-1-2-8-17/h1-3,5-8,11H,4,9-10H2. The van der Waals surface area contributed by atoms with E-state index in [1.165, 1.54) is 0 Å². The van der Waals surface area contributed by atoms with Gasteiger partial charge in [-0.15, -0.1) is 0 Å². The molecule has 3 aromatic heterocycles. The first-order valence-electron chi connectivity index (χ1n) is 6.25. The maximum atomic E-state index is 12.2. The van der Waals surface area contributed by atoms with Crippen LogP contribution in [0.25, 0.3) is 11.0 Å². The fourth-order valence-electron chi connectivity index (χ4n) is 2.09. The molecule has 0 radical (unpaired) electrons. The van der Waals surface area contributed by atoms with Gasteiger partial charge in [-0.2, -0.15) is 0 Å². The van der Waals surface area contributed by atoms with Crippen molar-refractivity contribution in [1.82, 2.24) is 19.1 Å². The third-order valence-electron chi connectivity index (χ3n) is 3.07. The van der Waals surface area contributed by atoms with Crippen molar-refractivity contribution in [3.05, 3.63) is 59.5 Å². The van der Waals surface area contributed by atoms with Gasteiger partial charge in [-0.3, -0.25) is 9.36 Å². The van der Waals surface area contributed by atoms with Crippen LogP contribution in [0.3, 0.4) is 0 Å². The van der Waals surface area contributed by atoms with E-state index in [2.05, 4.69) is 14.5 Å².